The summed E-state index contributed by atoms with van der Waals surface area (Å²) in [5, 5.41) is 3.38. The summed E-state index contributed by atoms with van der Waals surface area (Å²) in [4.78, 5) is 14.3. The van der Waals surface area contributed by atoms with E-state index in [0.29, 0.717) is 12.0 Å². The maximum Gasteiger partial charge on any atom is 0.241 e. The number of amides is 1. The summed E-state index contributed by atoms with van der Waals surface area (Å²) in [5.41, 5.74) is 1.12. The van der Waals surface area contributed by atoms with Crippen LogP contribution >= 0.6 is 0 Å². The van der Waals surface area contributed by atoms with Gasteiger partial charge in [0.15, 0.2) is 0 Å². The van der Waals surface area contributed by atoms with E-state index in [0.717, 1.165) is 17.7 Å². The van der Waals surface area contributed by atoms with Crippen molar-refractivity contribution in [1.29, 1.82) is 0 Å². The van der Waals surface area contributed by atoms with E-state index >= 15 is 0 Å². The van der Waals surface area contributed by atoms with Gasteiger partial charge in [-0.2, -0.15) is 0 Å². The predicted octanol–water partition coefficient (Wildman–Crippen LogP) is 1.92. The molecule has 1 saturated carbocycles. The highest BCUT2D eigenvalue weighted by Crippen LogP contribution is 2.41. The van der Waals surface area contributed by atoms with Crippen LogP contribution < -0.4 is 10.1 Å². The molecule has 1 saturated heterocycles. The zero-order chi connectivity index (χ0) is 13.6. The van der Waals surface area contributed by atoms with Crippen LogP contribution in [0.4, 0.5) is 0 Å². The summed E-state index contributed by atoms with van der Waals surface area (Å²) in [7, 11) is 1.66. The smallest absolute Gasteiger partial charge is 0.241 e. The Morgan fingerprint density at radius 3 is 2.42 bits per heavy atom. The van der Waals surface area contributed by atoms with Gasteiger partial charge in [-0.25, -0.2) is 0 Å². The van der Waals surface area contributed by atoms with Gasteiger partial charge in [0.1, 0.15) is 11.9 Å². The molecule has 3 rings (SSSR count). The van der Waals surface area contributed by atoms with Crippen LogP contribution in [-0.2, 0) is 4.79 Å². The fourth-order valence-corrected chi connectivity index (χ4v) is 2.83. The van der Waals surface area contributed by atoms with Crippen molar-refractivity contribution >= 4 is 5.91 Å². The predicted molar refractivity (Wildman–Crippen MR) is 72.7 cm³/mol. The van der Waals surface area contributed by atoms with Crippen molar-refractivity contribution in [2.45, 2.75) is 38.5 Å². The number of hydrogen-bond acceptors (Lipinski definition) is 3. The first-order valence-electron chi connectivity index (χ1n) is 6.84. The Morgan fingerprint density at radius 2 is 1.89 bits per heavy atom. The topological polar surface area (TPSA) is 41.6 Å². The molecule has 4 nitrogen and oxygen atoms in total. The molecule has 0 spiro atoms. The Bertz CT molecular complexity index is 485. The lowest BCUT2D eigenvalue weighted by Gasteiger charge is -2.25. The summed E-state index contributed by atoms with van der Waals surface area (Å²) in [5.74, 6) is 1.68. The van der Waals surface area contributed by atoms with E-state index in [9.17, 15) is 4.79 Å². The van der Waals surface area contributed by atoms with Gasteiger partial charge in [0.05, 0.1) is 13.2 Å². The van der Waals surface area contributed by atoms with Gasteiger partial charge in [-0.3, -0.25) is 10.1 Å². The number of carbonyl (C=O) groups excluding carboxylic acids is 1. The standard InChI is InChI=1S/C15H20N2O2/c1-9-8-13(9)17-14(16-10(2)15(17)18)11-4-6-12(19-3)7-5-11/h4-7,9-10,13-14,16H,8H2,1-3H3. The molecule has 1 aromatic rings. The van der Waals surface area contributed by atoms with Crippen molar-refractivity contribution in [3.8, 4) is 5.75 Å². The second-order valence-electron chi connectivity index (χ2n) is 5.59. The lowest BCUT2D eigenvalue weighted by molar-refractivity contribution is -0.130. The summed E-state index contributed by atoms with van der Waals surface area (Å²) >= 11 is 0. The van der Waals surface area contributed by atoms with Crippen molar-refractivity contribution < 1.29 is 9.53 Å². The van der Waals surface area contributed by atoms with E-state index in [1.54, 1.807) is 7.11 Å². The Kier molecular flexibility index (Phi) is 2.97. The van der Waals surface area contributed by atoms with E-state index in [1.165, 1.54) is 0 Å². The summed E-state index contributed by atoms with van der Waals surface area (Å²) in [6.07, 6.45) is 1.12. The minimum atomic E-state index is -0.0973. The van der Waals surface area contributed by atoms with Crippen molar-refractivity contribution in [2.24, 2.45) is 5.92 Å². The van der Waals surface area contributed by atoms with Crippen LogP contribution in [0.25, 0.3) is 0 Å². The lowest BCUT2D eigenvalue weighted by atomic mass is 10.1. The summed E-state index contributed by atoms with van der Waals surface area (Å²) in [6.45, 7) is 4.14. The highest BCUT2D eigenvalue weighted by Gasteiger charge is 2.49. The van der Waals surface area contributed by atoms with Crippen molar-refractivity contribution in [3.05, 3.63) is 29.8 Å². The largest absolute Gasteiger partial charge is 0.497 e. The molecule has 102 valence electrons. The Balaban J connectivity index is 1.86. The van der Waals surface area contributed by atoms with E-state index in [1.807, 2.05) is 36.1 Å². The van der Waals surface area contributed by atoms with Gasteiger partial charge >= 0.3 is 0 Å². The highest BCUT2D eigenvalue weighted by atomic mass is 16.5. The van der Waals surface area contributed by atoms with Crippen LogP contribution in [-0.4, -0.2) is 30.0 Å². The molecule has 1 heterocycles. The number of rotatable bonds is 3. The minimum absolute atomic E-state index is 0.00311. The van der Waals surface area contributed by atoms with E-state index in [2.05, 4.69) is 12.2 Å². The number of methoxy groups -OCH3 is 1. The van der Waals surface area contributed by atoms with E-state index < -0.39 is 0 Å². The number of hydrogen-bond donors (Lipinski definition) is 1. The van der Waals surface area contributed by atoms with Crippen LogP contribution in [0.1, 0.15) is 32.0 Å². The molecule has 2 aliphatic rings. The molecule has 1 aliphatic carbocycles. The maximum absolute atomic E-state index is 12.3. The first-order chi connectivity index (χ1) is 9.11. The summed E-state index contributed by atoms with van der Waals surface area (Å²) in [6, 6.07) is 8.25. The molecule has 1 N–H and O–H groups in total. The van der Waals surface area contributed by atoms with Crippen LogP contribution in [0.3, 0.4) is 0 Å². The average molecular weight is 260 g/mol. The monoisotopic (exact) mass is 260 g/mol. The second-order valence-corrected chi connectivity index (χ2v) is 5.59. The lowest BCUT2D eigenvalue weighted by Crippen LogP contribution is -2.33. The third-order valence-electron chi connectivity index (χ3n) is 4.17. The number of benzene rings is 1. The van der Waals surface area contributed by atoms with Gasteiger partial charge in [0.2, 0.25) is 5.91 Å². The fraction of sp³-hybridized carbons (Fsp3) is 0.533. The Labute approximate surface area is 113 Å². The molecule has 1 aromatic carbocycles. The van der Waals surface area contributed by atoms with Crippen LogP contribution in [0.2, 0.25) is 0 Å². The van der Waals surface area contributed by atoms with Gasteiger partial charge in [-0.05, 0) is 37.0 Å². The zero-order valence-electron chi connectivity index (χ0n) is 11.6. The Hall–Kier alpha value is -1.55. The van der Waals surface area contributed by atoms with Gasteiger partial charge < -0.3 is 9.64 Å². The number of nitrogens with one attached hydrogen (secondary N) is 1. The molecular weight excluding hydrogens is 240 g/mol. The minimum Gasteiger partial charge on any atom is -0.497 e. The number of ether oxygens (including phenoxy) is 1. The molecule has 19 heavy (non-hydrogen) atoms. The van der Waals surface area contributed by atoms with Crippen molar-refractivity contribution in [1.82, 2.24) is 10.2 Å². The average Bonchev–Trinajstić information content (AvgIpc) is 3.06. The fourth-order valence-electron chi connectivity index (χ4n) is 2.83. The molecule has 0 aromatic heterocycles. The molecule has 1 aliphatic heterocycles. The van der Waals surface area contributed by atoms with Gasteiger partial charge in [-0.1, -0.05) is 19.1 Å². The molecular formula is C15H20N2O2. The normalized spacial score (nSPS) is 33.6. The number of nitrogens with zero attached hydrogens (tertiary/aromatic N) is 1. The van der Waals surface area contributed by atoms with Gasteiger partial charge in [0, 0.05) is 6.04 Å². The first kappa shape index (κ1) is 12.5. The second kappa shape index (κ2) is 4.53. The van der Waals surface area contributed by atoms with E-state index in [4.69, 9.17) is 4.74 Å². The maximum atomic E-state index is 12.3. The van der Waals surface area contributed by atoms with Crippen LogP contribution in [0.15, 0.2) is 24.3 Å². The van der Waals surface area contributed by atoms with Crippen molar-refractivity contribution in [2.75, 3.05) is 7.11 Å². The van der Waals surface area contributed by atoms with Gasteiger partial charge in [-0.15, -0.1) is 0 Å². The van der Waals surface area contributed by atoms with Gasteiger partial charge in [0.25, 0.3) is 0 Å². The highest BCUT2D eigenvalue weighted by molar-refractivity contribution is 5.84. The molecule has 1 amide bonds. The SMILES string of the molecule is COc1ccc(C2NC(C)C(=O)N2C2CC2C)cc1. The third-order valence-corrected chi connectivity index (χ3v) is 4.17. The van der Waals surface area contributed by atoms with Crippen LogP contribution in [0.5, 0.6) is 5.75 Å². The van der Waals surface area contributed by atoms with Crippen molar-refractivity contribution in [3.63, 3.8) is 0 Å². The zero-order valence-corrected chi connectivity index (χ0v) is 11.6. The molecule has 0 bridgehead atoms. The first-order valence-corrected chi connectivity index (χ1v) is 6.84. The molecule has 4 heteroatoms. The summed E-state index contributed by atoms with van der Waals surface area (Å²) < 4.78 is 5.18. The molecule has 4 atom stereocenters. The molecule has 0 radical (unpaired) electrons. The Morgan fingerprint density at radius 1 is 1.26 bits per heavy atom. The molecule has 2 fully saturated rings. The number of carbonyl (C=O) groups is 1. The van der Waals surface area contributed by atoms with Crippen LogP contribution in [0, 0.1) is 5.92 Å². The quantitative estimate of drug-likeness (QED) is 0.903. The third kappa shape index (κ3) is 2.10. The van der Waals surface area contributed by atoms with E-state index in [-0.39, 0.29) is 18.1 Å². The molecule has 4 unspecified atom stereocenters.